The molecule has 0 N–H and O–H groups in total. The van der Waals surface area contributed by atoms with Crippen molar-refractivity contribution in [1.29, 1.82) is 0 Å². The average Bonchev–Trinajstić information content (AvgIpc) is 2.19. The van der Waals surface area contributed by atoms with Crippen LogP contribution in [0, 0.1) is 0 Å². The fourth-order valence-electron chi connectivity index (χ4n) is 0.334. The molecule has 0 bridgehead atoms. The fourth-order valence-corrected chi connectivity index (χ4v) is 0.783. The first kappa shape index (κ1) is 5.37. The molecule has 0 aliphatic carbocycles. The molecule has 0 atom stereocenters. The van der Waals surface area contributed by atoms with E-state index >= 15 is 0 Å². The lowest BCUT2D eigenvalue weighted by atomic mass is 10.9. The van der Waals surface area contributed by atoms with Gasteiger partial charge in [0.15, 0.2) is 0 Å². The molecule has 1 rings (SSSR count). The second kappa shape index (κ2) is 2.52. The number of nitrogens with zero attached hydrogens (tertiary/aromatic N) is 3. The molecule has 0 aliphatic rings. The maximum absolute atomic E-state index is 3.89. The molecule has 4 heteroatoms. The van der Waals surface area contributed by atoms with Crippen LogP contribution in [0.15, 0.2) is 10.5 Å². The Hall–Kier alpha value is -0.770. The third-order valence-electron chi connectivity index (χ3n) is 0.588. The van der Waals surface area contributed by atoms with Crippen LogP contribution in [0.25, 0.3) is 0 Å². The molecule has 1 aromatic heterocycles. The Bertz CT molecular complexity index is 167. The highest BCUT2D eigenvalue weighted by atomic mass is 32.1. The first-order valence-corrected chi connectivity index (χ1v) is 3.06. The highest BCUT2D eigenvalue weighted by Gasteiger charge is 1.85. The summed E-state index contributed by atoms with van der Waals surface area (Å²) in [7, 11) is 0. The third kappa shape index (κ3) is 1.10. The van der Waals surface area contributed by atoms with E-state index in [0.29, 0.717) is 5.13 Å². The minimum atomic E-state index is 0.715. The quantitative estimate of drug-likeness (QED) is 0.532. The lowest BCUT2D eigenvalue weighted by Crippen LogP contribution is -1.62. The van der Waals surface area contributed by atoms with Crippen LogP contribution >= 0.6 is 11.3 Å². The maximum atomic E-state index is 3.89. The summed E-state index contributed by atoms with van der Waals surface area (Å²) in [4.78, 5) is 3.89. The van der Waals surface area contributed by atoms with Gasteiger partial charge in [0.25, 0.3) is 0 Å². The van der Waals surface area contributed by atoms with Gasteiger partial charge in [0, 0.05) is 6.21 Å². The molecule has 3 nitrogen and oxygen atoms in total. The summed E-state index contributed by atoms with van der Waals surface area (Å²) >= 11 is 1.43. The first-order chi connectivity index (χ1) is 3.93. The van der Waals surface area contributed by atoms with Gasteiger partial charge in [-0.05, 0) is 6.92 Å². The van der Waals surface area contributed by atoms with Crippen LogP contribution in [0.2, 0.25) is 0 Å². The van der Waals surface area contributed by atoms with E-state index < -0.39 is 0 Å². The van der Waals surface area contributed by atoms with Gasteiger partial charge < -0.3 is 0 Å². The van der Waals surface area contributed by atoms with Crippen LogP contribution in [-0.4, -0.2) is 16.4 Å². The van der Waals surface area contributed by atoms with E-state index in [2.05, 4.69) is 15.2 Å². The number of rotatable bonds is 1. The molecule has 0 unspecified atom stereocenters. The van der Waals surface area contributed by atoms with E-state index in [0.717, 1.165) is 0 Å². The zero-order chi connectivity index (χ0) is 5.82. The molecule has 0 saturated heterocycles. The Kier molecular flexibility index (Phi) is 1.69. The lowest BCUT2D eigenvalue weighted by Gasteiger charge is -1.72. The van der Waals surface area contributed by atoms with E-state index in [1.165, 1.54) is 11.3 Å². The Morgan fingerprint density at radius 1 is 1.88 bits per heavy atom. The monoisotopic (exact) mass is 127 g/mol. The van der Waals surface area contributed by atoms with Gasteiger partial charge in [0.1, 0.15) is 5.51 Å². The van der Waals surface area contributed by atoms with E-state index in [1.807, 2.05) is 6.92 Å². The minimum Gasteiger partial charge on any atom is -0.231 e. The standard InChI is InChI=1S/C4H5N3S/c1-2-5-4-7-6-3-8-4/h2-3H,1H3. The van der Waals surface area contributed by atoms with Crippen molar-refractivity contribution in [2.45, 2.75) is 6.92 Å². The summed E-state index contributed by atoms with van der Waals surface area (Å²) < 4.78 is 0. The molecule has 0 aromatic carbocycles. The number of aliphatic imine (C=N–C) groups is 1. The number of hydrogen-bond acceptors (Lipinski definition) is 4. The van der Waals surface area contributed by atoms with Gasteiger partial charge in [-0.25, -0.2) is 4.99 Å². The molecule has 0 amide bonds. The predicted octanol–water partition coefficient (Wildman–Crippen LogP) is 1.26. The predicted molar refractivity (Wildman–Crippen MR) is 33.7 cm³/mol. The van der Waals surface area contributed by atoms with Gasteiger partial charge in [0.05, 0.1) is 0 Å². The van der Waals surface area contributed by atoms with Crippen molar-refractivity contribution < 1.29 is 0 Å². The molecule has 0 aliphatic heterocycles. The Morgan fingerprint density at radius 2 is 2.75 bits per heavy atom. The van der Waals surface area contributed by atoms with Gasteiger partial charge in [-0.1, -0.05) is 11.3 Å². The van der Waals surface area contributed by atoms with Crippen molar-refractivity contribution in [2.75, 3.05) is 0 Å². The van der Waals surface area contributed by atoms with E-state index in [-0.39, 0.29) is 0 Å². The van der Waals surface area contributed by atoms with Crippen LogP contribution in [0.3, 0.4) is 0 Å². The average molecular weight is 127 g/mol. The molecule has 0 fully saturated rings. The summed E-state index contributed by atoms with van der Waals surface area (Å²) in [6.07, 6.45) is 1.69. The molecule has 8 heavy (non-hydrogen) atoms. The van der Waals surface area contributed by atoms with Gasteiger partial charge in [-0.2, -0.15) is 0 Å². The summed E-state index contributed by atoms with van der Waals surface area (Å²) in [6, 6.07) is 0. The van der Waals surface area contributed by atoms with Gasteiger partial charge in [-0.15, -0.1) is 10.2 Å². The largest absolute Gasteiger partial charge is 0.231 e. The van der Waals surface area contributed by atoms with Crippen LogP contribution in [0.5, 0.6) is 0 Å². The van der Waals surface area contributed by atoms with Crippen LogP contribution in [0.4, 0.5) is 5.13 Å². The molecule has 1 heterocycles. The van der Waals surface area contributed by atoms with E-state index in [1.54, 1.807) is 11.7 Å². The van der Waals surface area contributed by atoms with Crippen molar-refractivity contribution in [1.82, 2.24) is 10.2 Å². The molecule has 0 radical (unpaired) electrons. The molecular weight excluding hydrogens is 122 g/mol. The highest BCUT2D eigenvalue weighted by Crippen LogP contribution is 2.10. The number of hydrogen-bond donors (Lipinski definition) is 0. The molecule has 0 spiro atoms. The van der Waals surface area contributed by atoms with Crippen LogP contribution in [0.1, 0.15) is 6.92 Å². The molecule has 0 saturated carbocycles. The molecule has 42 valence electrons. The second-order valence-corrected chi connectivity index (χ2v) is 1.92. The van der Waals surface area contributed by atoms with Gasteiger partial charge in [-0.3, -0.25) is 0 Å². The summed E-state index contributed by atoms with van der Waals surface area (Å²) in [5.74, 6) is 0. The Labute approximate surface area is 51.1 Å². The topological polar surface area (TPSA) is 38.1 Å². The van der Waals surface area contributed by atoms with Gasteiger partial charge in [0.2, 0.25) is 5.13 Å². The van der Waals surface area contributed by atoms with E-state index in [4.69, 9.17) is 0 Å². The summed E-state index contributed by atoms with van der Waals surface area (Å²) in [5.41, 5.74) is 1.66. The Balaban J connectivity index is 2.77. The summed E-state index contributed by atoms with van der Waals surface area (Å²) in [6.45, 7) is 1.85. The van der Waals surface area contributed by atoms with Crippen molar-refractivity contribution >= 4 is 22.7 Å². The van der Waals surface area contributed by atoms with Crippen LogP contribution in [-0.2, 0) is 0 Å². The normalized spacial score (nSPS) is 10.6. The second-order valence-electron chi connectivity index (χ2n) is 1.11. The maximum Gasteiger partial charge on any atom is 0.230 e. The summed E-state index contributed by atoms with van der Waals surface area (Å²) in [5, 5.41) is 7.99. The first-order valence-electron chi connectivity index (χ1n) is 2.18. The highest BCUT2D eigenvalue weighted by molar-refractivity contribution is 7.13. The lowest BCUT2D eigenvalue weighted by molar-refractivity contribution is 1.08. The van der Waals surface area contributed by atoms with Crippen LogP contribution < -0.4 is 0 Å². The minimum absolute atomic E-state index is 0.715. The SMILES string of the molecule is CC=Nc1nncs1. The van der Waals surface area contributed by atoms with Crippen molar-refractivity contribution in [2.24, 2.45) is 4.99 Å². The molecule has 1 aromatic rings. The van der Waals surface area contributed by atoms with Crippen molar-refractivity contribution in [3.63, 3.8) is 0 Å². The van der Waals surface area contributed by atoms with Gasteiger partial charge >= 0.3 is 0 Å². The van der Waals surface area contributed by atoms with Crippen molar-refractivity contribution in [3.8, 4) is 0 Å². The molecular formula is C4H5N3S. The zero-order valence-electron chi connectivity index (χ0n) is 4.40. The smallest absolute Gasteiger partial charge is 0.230 e. The fraction of sp³-hybridized carbons (Fsp3) is 0.250. The number of aromatic nitrogens is 2. The zero-order valence-corrected chi connectivity index (χ0v) is 5.22. The van der Waals surface area contributed by atoms with E-state index in [9.17, 15) is 0 Å². The Morgan fingerprint density at radius 3 is 3.25 bits per heavy atom. The third-order valence-corrected chi connectivity index (χ3v) is 1.19. The van der Waals surface area contributed by atoms with Crippen molar-refractivity contribution in [3.05, 3.63) is 5.51 Å².